The van der Waals surface area contributed by atoms with Crippen molar-refractivity contribution in [2.24, 2.45) is 0 Å². The van der Waals surface area contributed by atoms with E-state index in [1.54, 1.807) is 13.2 Å². The largest absolute Gasteiger partial charge is 0.475 e. The van der Waals surface area contributed by atoms with Crippen LogP contribution in [0.1, 0.15) is 0 Å². The van der Waals surface area contributed by atoms with Gasteiger partial charge >= 0.3 is 0 Å². The molecule has 0 aliphatic heterocycles. The van der Waals surface area contributed by atoms with Crippen molar-refractivity contribution in [3.63, 3.8) is 0 Å². The Hall–Kier alpha value is -0.320. The molecular formula is C6H8ClNO2S. The van der Waals surface area contributed by atoms with Gasteiger partial charge in [-0.05, 0) is 11.5 Å². The van der Waals surface area contributed by atoms with Crippen molar-refractivity contribution in [3.05, 3.63) is 10.4 Å². The number of halogens is 1. The predicted molar refractivity (Wildman–Crippen MR) is 44.5 cm³/mol. The maximum Gasteiger partial charge on any atom is 0.226 e. The number of hydrogen-bond acceptors (Lipinski definition) is 4. The molecule has 1 aromatic rings. The van der Waals surface area contributed by atoms with E-state index in [4.69, 9.17) is 21.1 Å². The Morgan fingerprint density at radius 1 is 1.64 bits per heavy atom. The fraction of sp³-hybridized carbons (Fsp3) is 0.500. The average Bonchev–Trinajstić information content (AvgIpc) is 2.37. The van der Waals surface area contributed by atoms with Gasteiger partial charge in [-0.15, -0.1) is 0 Å². The highest BCUT2D eigenvalue weighted by atomic mass is 35.5. The maximum atomic E-state index is 5.62. The average molecular weight is 194 g/mol. The Morgan fingerprint density at radius 2 is 2.45 bits per heavy atom. The molecule has 0 aromatic carbocycles. The molecule has 62 valence electrons. The Bertz CT molecular complexity index is 216. The maximum absolute atomic E-state index is 5.62. The molecule has 11 heavy (non-hydrogen) atoms. The summed E-state index contributed by atoms with van der Waals surface area (Å²) >= 11 is 6.83. The van der Waals surface area contributed by atoms with Gasteiger partial charge in [0.2, 0.25) is 5.88 Å². The van der Waals surface area contributed by atoms with Crippen molar-refractivity contribution >= 4 is 23.1 Å². The summed E-state index contributed by atoms with van der Waals surface area (Å²) in [6.07, 6.45) is 0. The number of aromatic nitrogens is 1. The highest BCUT2D eigenvalue weighted by Gasteiger charge is 1.98. The van der Waals surface area contributed by atoms with Crippen LogP contribution in [0.2, 0.25) is 4.34 Å². The van der Waals surface area contributed by atoms with Crippen LogP contribution in [0.4, 0.5) is 0 Å². The smallest absolute Gasteiger partial charge is 0.226 e. The van der Waals surface area contributed by atoms with Crippen LogP contribution in [0.25, 0.3) is 0 Å². The van der Waals surface area contributed by atoms with E-state index in [-0.39, 0.29) is 0 Å². The second kappa shape index (κ2) is 4.54. The van der Waals surface area contributed by atoms with Gasteiger partial charge in [-0.1, -0.05) is 11.6 Å². The summed E-state index contributed by atoms with van der Waals surface area (Å²) < 4.78 is 14.5. The number of hydrogen-bond donors (Lipinski definition) is 0. The van der Waals surface area contributed by atoms with Crippen molar-refractivity contribution in [2.45, 2.75) is 0 Å². The summed E-state index contributed by atoms with van der Waals surface area (Å²) in [4.78, 5) is 0. The van der Waals surface area contributed by atoms with Crippen LogP contribution in [-0.4, -0.2) is 24.7 Å². The molecule has 5 heteroatoms. The summed E-state index contributed by atoms with van der Waals surface area (Å²) in [6.45, 7) is 1.08. The molecule has 1 rings (SSSR count). The fourth-order valence-electron chi connectivity index (χ4n) is 0.536. The van der Waals surface area contributed by atoms with Crippen LogP contribution in [0.5, 0.6) is 5.88 Å². The van der Waals surface area contributed by atoms with Gasteiger partial charge in [0.05, 0.1) is 6.61 Å². The molecule has 0 saturated heterocycles. The highest BCUT2D eigenvalue weighted by Crippen LogP contribution is 2.20. The van der Waals surface area contributed by atoms with Crippen LogP contribution in [0, 0.1) is 0 Å². The molecule has 0 radical (unpaired) electrons. The van der Waals surface area contributed by atoms with Crippen LogP contribution in [0.3, 0.4) is 0 Å². The molecule has 0 atom stereocenters. The minimum Gasteiger partial charge on any atom is -0.475 e. The Labute approximate surface area is 74.1 Å². The first-order chi connectivity index (χ1) is 5.33. The number of nitrogens with zero attached hydrogens (tertiary/aromatic N) is 1. The van der Waals surface area contributed by atoms with Gasteiger partial charge in [-0.25, -0.2) is 0 Å². The van der Waals surface area contributed by atoms with Gasteiger partial charge in [0, 0.05) is 13.2 Å². The van der Waals surface area contributed by atoms with Gasteiger partial charge < -0.3 is 9.47 Å². The Kier molecular flexibility index (Phi) is 3.62. The zero-order chi connectivity index (χ0) is 8.10. The second-order valence-electron chi connectivity index (χ2n) is 1.81. The van der Waals surface area contributed by atoms with E-state index in [0.29, 0.717) is 23.4 Å². The van der Waals surface area contributed by atoms with E-state index in [1.807, 2.05) is 0 Å². The zero-order valence-corrected chi connectivity index (χ0v) is 7.61. The van der Waals surface area contributed by atoms with Crippen molar-refractivity contribution in [2.75, 3.05) is 20.3 Å². The van der Waals surface area contributed by atoms with Gasteiger partial charge in [-0.2, -0.15) is 4.37 Å². The lowest BCUT2D eigenvalue weighted by Gasteiger charge is -1.99. The van der Waals surface area contributed by atoms with Crippen molar-refractivity contribution < 1.29 is 9.47 Å². The molecule has 0 saturated carbocycles. The minimum atomic E-state index is 0.510. The molecule has 0 spiro atoms. The third kappa shape index (κ3) is 3.05. The number of rotatable bonds is 4. The molecule has 3 nitrogen and oxygen atoms in total. The normalized spacial score (nSPS) is 10.0. The summed E-state index contributed by atoms with van der Waals surface area (Å²) in [6, 6.07) is 1.68. The molecule has 0 bridgehead atoms. The predicted octanol–water partition coefficient (Wildman–Crippen LogP) is 1.82. The first-order valence-corrected chi connectivity index (χ1v) is 4.22. The van der Waals surface area contributed by atoms with Crippen molar-refractivity contribution in [1.29, 1.82) is 0 Å². The zero-order valence-electron chi connectivity index (χ0n) is 6.04. The third-order valence-electron chi connectivity index (χ3n) is 0.997. The SMILES string of the molecule is COCCOc1cc(Cl)sn1. The number of ether oxygens (including phenoxy) is 2. The van der Waals surface area contributed by atoms with Gasteiger partial charge in [0.1, 0.15) is 10.9 Å². The lowest BCUT2D eigenvalue weighted by atomic mass is 10.7. The molecule has 0 amide bonds. The molecule has 0 aliphatic rings. The van der Waals surface area contributed by atoms with E-state index in [0.717, 1.165) is 0 Å². The Morgan fingerprint density at radius 3 is 3.00 bits per heavy atom. The van der Waals surface area contributed by atoms with Gasteiger partial charge in [0.15, 0.2) is 0 Å². The first kappa shape index (κ1) is 8.77. The molecule has 1 aromatic heterocycles. The molecule has 0 N–H and O–H groups in total. The molecular weight excluding hydrogens is 186 g/mol. The van der Waals surface area contributed by atoms with Crippen LogP contribution < -0.4 is 4.74 Å². The van der Waals surface area contributed by atoms with E-state index in [9.17, 15) is 0 Å². The molecule has 1 heterocycles. The summed E-state index contributed by atoms with van der Waals surface area (Å²) in [5, 5.41) is 0. The van der Waals surface area contributed by atoms with Gasteiger partial charge in [-0.3, -0.25) is 0 Å². The van der Waals surface area contributed by atoms with Crippen LogP contribution in [-0.2, 0) is 4.74 Å². The lowest BCUT2D eigenvalue weighted by molar-refractivity contribution is 0.144. The monoisotopic (exact) mass is 193 g/mol. The topological polar surface area (TPSA) is 31.4 Å². The van der Waals surface area contributed by atoms with Crippen LogP contribution in [0.15, 0.2) is 6.07 Å². The fourth-order valence-corrected chi connectivity index (χ4v) is 1.17. The third-order valence-corrected chi connectivity index (χ3v) is 1.88. The standard InChI is InChI=1S/C6H8ClNO2S/c1-9-2-3-10-6-4-5(7)11-8-6/h4H,2-3H2,1H3. The quantitative estimate of drug-likeness (QED) is 0.684. The van der Waals surface area contributed by atoms with Crippen molar-refractivity contribution in [3.8, 4) is 5.88 Å². The summed E-state index contributed by atoms with van der Waals surface area (Å²) in [7, 11) is 1.62. The summed E-state index contributed by atoms with van der Waals surface area (Å²) in [5.74, 6) is 0.567. The minimum absolute atomic E-state index is 0.510. The first-order valence-electron chi connectivity index (χ1n) is 3.07. The van der Waals surface area contributed by atoms with E-state index >= 15 is 0 Å². The second-order valence-corrected chi connectivity index (χ2v) is 3.25. The van der Waals surface area contributed by atoms with E-state index in [1.165, 1.54) is 11.5 Å². The molecule has 0 unspecified atom stereocenters. The van der Waals surface area contributed by atoms with E-state index in [2.05, 4.69) is 4.37 Å². The van der Waals surface area contributed by atoms with Gasteiger partial charge in [0.25, 0.3) is 0 Å². The van der Waals surface area contributed by atoms with E-state index < -0.39 is 0 Å². The molecule has 0 aliphatic carbocycles. The van der Waals surface area contributed by atoms with Crippen LogP contribution >= 0.6 is 23.1 Å². The Balaban J connectivity index is 2.27. The van der Waals surface area contributed by atoms with Crippen molar-refractivity contribution in [1.82, 2.24) is 4.37 Å². The number of methoxy groups -OCH3 is 1. The lowest BCUT2D eigenvalue weighted by Crippen LogP contribution is -2.03. The summed E-state index contributed by atoms with van der Waals surface area (Å²) in [5.41, 5.74) is 0. The highest BCUT2D eigenvalue weighted by molar-refractivity contribution is 7.10. The molecule has 0 fully saturated rings.